The molecule has 4 heteroatoms. The van der Waals surface area contributed by atoms with Crippen LogP contribution >= 0.6 is 0 Å². The van der Waals surface area contributed by atoms with Crippen LogP contribution in [0.3, 0.4) is 0 Å². The lowest BCUT2D eigenvalue weighted by Crippen LogP contribution is -2.17. The van der Waals surface area contributed by atoms with Crippen molar-refractivity contribution in [3.63, 3.8) is 0 Å². The van der Waals surface area contributed by atoms with E-state index in [0.717, 1.165) is 43.4 Å². The number of aliphatic hydroxyl groups is 2. The zero-order chi connectivity index (χ0) is 53.5. The van der Waals surface area contributed by atoms with Gasteiger partial charge in [-0.25, -0.2) is 0 Å². The first-order chi connectivity index (χ1) is 37.1. The average molecular weight is 1010 g/mol. The first-order valence-electron chi connectivity index (χ1n) is 28.1. The van der Waals surface area contributed by atoms with E-state index < -0.39 is 6.10 Å². The average Bonchev–Trinajstić information content (AvgIpc) is 3.47. The van der Waals surface area contributed by atoms with Gasteiger partial charge in [0.1, 0.15) is 0 Å². The zero-order valence-corrected chi connectivity index (χ0v) is 46.2. The molecule has 1 aliphatic carbocycles. The third-order valence-corrected chi connectivity index (χ3v) is 15.6. The summed E-state index contributed by atoms with van der Waals surface area (Å²) in [4.78, 5) is 0. The van der Waals surface area contributed by atoms with E-state index in [4.69, 9.17) is 9.47 Å². The lowest BCUT2D eigenvalue weighted by atomic mass is 9.79. The molecule has 0 heterocycles. The molecule has 2 N–H and O–H groups in total. The van der Waals surface area contributed by atoms with Gasteiger partial charge in [-0.05, 0) is 142 Å². The Balaban J connectivity index is 0.000000169. The van der Waals surface area contributed by atoms with E-state index >= 15 is 0 Å². The molecule has 8 aromatic rings. The molecule has 0 saturated carbocycles. The van der Waals surface area contributed by atoms with Crippen LogP contribution in [0.15, 0.2) is 218 Å². The van der Waals surface area contributed by atoms with Gasteiger partial charge in [-0.15, -0.1) is 0 Å². The molecule has 4 nitrogen and oxygen atoms in total. The van der Waals surface area contributed by atoms with Gasteiger partial charge in [0.2, 0.25) is 0 Å². The number of ether oxygens (including phenoxy) is 2. The molecule has 396 valence electrons. The Bertz CT molecular complexity index is 2830. The molecule has 1 aliphatic rings. The molecule has 0 saturated heterocycles. The molecule has 0 aliphatic heterocycles. The lowest BCUT2D eigenvalue weighted by Gasteiger charge is -2.27. The second-order valence-electron chi connectivity index (χ2n) is 21.1. The van der Waals surface area contributed by atoms with E-state index in [-0.39, 0.29) is 12.7 Å². The van der Waals surface area contributed by atoms with Gasteiger partial charge in [0.15, 0.2) is 0 Å². The van der Waals surface area contributed by atoms with Crippen LogP contribution in [-0.2, 0) is 35.5 Å². The van der Waals surface area contributed by atoms with Crippen molar-refractivity contribution in [2.45, 2.75) is 141 Å². The fourth-order valence-corrected chi connectivity index (χ4v) is 11.2. The van der Waals surface area contributed by atoms with Gasteiger partial charge in [0, 0.05) is 26.1 Å². The summed E-state index contributed by atoms with van der Waals surface area (Å²) in [6.45, 7) is 15.7. The number of hydrogen-bond acceptors (Lipinski definition) is 4. The highest BCUT2D eigenvalue weighted by atomic mass is 16.5. The highest BCUT2D eigenvalue weighted by Crippen LogP contribution is 2.39. The number of rotatable bonds is 20. The number of fused-ring (bicyclic) bond motifs is 2. The summed E-state index contributed by atoms with van der Waals surface area (Å²) in [6.07, 6.45) is 5.70. The van der Waals surface area contributed by atoms with E-state index in [1.165, 1.54) is 62.1 Å². The molecule has 0 spiro atoms. The highest BCUT2D eigenvalue weighted by Gasteiger charge is 2.25. The second kappa shape index (κ2) is 30.4. The van der Waals surface area contributed by atoms with Crippen LogP contribution in [0.1, 0.15) is 182 Å². The van der Waals surface area contributed by atoms with Crippen molar-refractivity contribution in [2.75, 3.05) is 13.2 Å². The molecular weight excluding hydrogens is 929 g/mol. The normalized spacial score (nSPS) is 16.3. The minimum Gasteiger partial charge on any atom is -0.392 e. The number of hydrogen-bond donors (Lipinski definition) is 2. The molecule has 0 radical (unpaired) electrons. The molecule has 0 bridgehead atoms. The van der Waals surface area contributed by atoms with Gasteiger partial charge in [0.25, 0.3) is 0 Å². The Morgan fingerprint density at radius 3 is 1.16 bits per heavy atom. The first kappa shape index (κ1) is 57.3. The molecule has 8 unspecified atom stereocenters. The van der Waals surface area contributed by atoms with E-state index in [2.05, 4.69) is 204 Å². The van der Waals surface area contributed by atoms with Crippen LogP contribution in [-0.4, -0.2) is 23.4 Å². The molecule has 0 aromatic heterocycles. The second-order valence-corrected chi connectivity index (χ2v) is 21.1. The maximum Gasteiger partial charge on any atom is 0.0867 e. The SMILES string of the molecule is CC(CC(CC(C)c1ccc(CO)cc1)c1ccccc1)c1ccccc1.CCOC1Cc2ccccc2C(O)Cc2ccccc21.CCOCc1ccc(C(C)CC(CC(C)c2ccccc2)c2ccccc2)cc1. The van der Waals surface area contributed by atoms with Crippen molar-refractivity contribution in [1.29, 1.82) is 0 Å². The smallest absolute Gasteiger partial charge is 0.0867 e. The van der Waals surface area contributed by atoms with Gasteiger partial charge >= 0.3 is 0 Å². The molecule has 0 fully saturated rings. The summed E-state index contributed by atoms with van der Waals surface area (Å²) in [5.74, 6) is 3.14. The van der Waals surface area contributed by atoms with E-state index in [0.29, 0.717) is 55.1 Å². The third kappa shape index (κ3) is 17.1. The summed E-state index contributed by atoms with van der Waals surface area (Å²) >= 11 is 0. The fourth-order valence-electron chi connectivity index (χ4n) is 11.2. The lowest BCUT2D eigenvalue weighted by molar-refractivity contribution is 0.0593. The number of benzene rings is 8. The van der Waals surface area contributed by atoms with Crippen LogP contribution in [0.2, 0.25) is 0 Å². The van der Waals surface area contributed by atoms with Crippen molar-refractivity contribution in [2.24, 2.45) is 0 Å². The van der Waals surface area contributed by atoms with Gasteiger partial charge in [-0.1, -0.05) is 246 Å². The van der Waals surface area contributed by atoms with Crippen molar-refractivity contribution in [3.8, 4) is 0 Å². The molecule has 76 heavy (non-hydrogen) atoms. The van der Waals surface area contributed by atoms with Crippen LogP contribution < -0.4 is 0 Å². The van der Waals surface area contributed by atoms with Gasteiger partial charge in [-0.3, -0.25) is 0 Å². The Morgan fingerprint density at radius 2 is 0.750 bits per heavy atom. The Labute approximate surface area is 456 Å². The van der Waals surface area contributed by atoms with Crippen LogP contribution in [0.5, 0.6) is 0 Å². The molecule has 8 aromatic carbocycles. The highest BCUT2D eigenvalue weighted by molar-refractivity contribution is 5.39. The molecular formula is C72H84O4. The fraction of sp³-hybridized carbons (Fsp3) is 0.333. The summed E-state index contributed by atoms with van der Waals surface area (Å²) in [5.41, 5.74) is 15.3. The Kier molecular flexibility index (Phi) is 22.9. The zero-order valence-electron chi connectivity index (χ0n) is 46.2. The van der Waals surface area contributed by atoms with Crippen molar-refractivity contribution >= 4 is 0 Å². The van der Waals surface area contributed by atoms with Crippen molar-refractivity contribution in [1.82, 2.24) is 0 Å². The maximum absolute atomic E-state index is 10.5. The van der Waals surface area contributed by atoms with Crippen LogP contribution in [0.4, 0.5) is 0 Å². The monoisotopic (exact) mass is 1010 g/mol. The summed E-state index contributed by atoms with van der Waals surface area (Å²) in [6, 6.07) is 77.5. The standard InChI is InChI=1S/C28H34O.C26H30O.C18H20O2/c1-4-29-21-24-15-17-26(18-16-24)23(3)20-28(27-13-9-6-10-14-27)19-22(2)25-11-7-5-8-12-25;1-20(23-9-5-3-6-10-23)17-26(25-11-7-4-8-12-25)18-21(2)24-15-13-22(19-27)14-16-24;1-2-20-18-12-14-8-3-5-9-15(14)17(19)11-13-7-4-6-10-16(13)18/h5-18,22-23,28H,4,19-21H2,1-3H3;3-16,20-21,26-27H,17-19H2,1-2H3;3-10,17-19H,2,11-12H2,1H3. The molecule has 8 atom stereocenters. The topological polar surface area (TPSA) is 58.9 Å². The molecule has 9 rings (SSSR count). The largest absolute Gasteiger partial charge is 0.392 e. The van der Waals surface area contributed by atoms with E-state index in [1.807, 2.05) is 56.3 Å². The summed E-state index contributed by atoms with van der Waals surface area (Å²) in [5, 5.41) is 19.8. The van der Waals surface area contributed by atoms with Crippen molar-refractivity contribution < 1.29 is 19.7 Å². The predicted octanol–water partition coefficient (Wildman–Crippen LogP) is 17.9. The van der Waals surface area contributed by atoms with E-state index in [1.54, 1.807) is 0 Å². The summed E-state index contributed by atoms with van der Waals surface area (Å²) < 4.78 is 11.5. The maximum atomic E-state index is 10.5. The minimum atomic E-state index is -0.435. The first-order valence-corrected chi connectivity index (χ1v) is 28.1. The quantitative estimate of drug-likeness (QED) is 0.0799. The Hall–Kier alpha value is -6.40. The van der Waals surface area contributed by atoms with Crippen LogP contribution in [0.25, 0.3) is 0 Å². The van der Waals surface area contributed by atoms with Gasteiger partial charge in [0.05, 0.1) is 25.4 Å². The summed E-state index contributed by atoms with van der Waals surface area (Å²) in [7, 11) is 0. The van der Waals surface area contributed by atoms with Crippen LogP contribution in [0, 0.1) is 0 Å². The van der Waals surface area contributed by atoms with E-state index in [9.17, 15) is 10.2 Å². The van der Waals surface area contributed by atoms with Crippen molar-refractivity contribution in [3.05, 3.63) is 285 Å². The number of aliphatic hydroxyl groups excluding tert-OH is 2. The predicted molar refractivity (Wildman–Crippen MR) is 317 cm³/mol. The van der Waals surface area contributed by atoms with Gasteiger partial charge < -0.3 is 19.7 Å². The molecule has 0 amide bonds. The van der Waals surface area contributed by atoms with Gasteiger partial charge in [-0.2, -0.15) is 0 Å². The third-order valence-electron chi connectivity index (χ3n) is 15.6. The Morgan fingerprint density at radius 1 is 0.395 bits per heavy atom. The minimum absolute atomic E-state index is 0.0739.